The van der Waals surface area contributed by atoms with Gasteiger partial charge in [-0.1, -0.05) is 0 Å². The molecule has 56 valence electrons. The lowest BCUT2D eigenvalue weighted by Crippen LogP contribution is -2.10. The first-order valence-corrected chi connectivity index (χ1v) is 3.99. The summed E-state index contributed by atoms with van der Waals surface area (Å²) in [5, 5.41) is 0. The van der Waals surface area contributed by atoms with Crippen LogP contribution in [0, 0.1) is 0 Å². The first-order chi connectivity index (χ1) is 3.98. The minimum absolute atomic E-state index is 0.353. The molecule has 0 aliphatic rings. The third-order valence-electron chi connectivity index (χ3n) is 0.564. The highest BCUT2D eigenvalue weighted by Gasteiger charge is 2.07. The van der Waals surface area contributed by atoms with Gasteiger partial charge in [-0.15, -0.1) is 0 Å². The number of phosphoric acid groups is 1. The van der Waals surface area contributed by atoms with E-state index in [1.807, 2.05) is 0 Å². The molecule has 1 unspecified atom stereocenters. The third kappa shape index (κ3) is 4.60. The Morgan fingerprint density at radius 1 is 1.56 bits per heavy atom. The molecule has 0 aromatic carbocycles. The van der Waals surface area contributed by atoms with Gasteiger partial charge in [0.25, 0.3) is 7.82 Å². The summed E-state index contributed by atoms with van der Waals surface area (Å²) in [5.41, 5.74) is 0. The topological polar surface area (TPSA) is 58.6 Å². The van der Waals surface area contributed by atoms with Crippen molar-refractivity contribution in [2.45, 2.75) is 20.0 Å². The van der Waals surface area contributed by atoms with Gasteiger partial charge >= 0.3 is 0 Å². The third-order valence-corrected chi connectivity index (χ3v) is 1.69. The van der Waals surface area contributed by atoms with Crippen LogP contribution >= 0.6 is 7.82 Å². The normalized spacial score (nSPS) is 17.9. The molecule has 0 fully saturated rings. The van der Waals surface area contributed by atoms with Crippen molar-refractivity contribution >= 4 is 7.82 Å². The second-order valence-corrected chi connectivity index (χ2v) is 3.25. The second kappa shape index (κ2) is 3.32. The first kappa shape index (κ1) is 9.11. The smallest absolute Gasteiger partial charge is 0.267 e. The zero-order valence-electron chi connectivity index (χ0n) is 5.66. The van der Waals surface area contributed by atoms with Crippen molar-refractivity contribution in [2.75, 3.05) is 7.11 Å². The molecule has 0 saturated carbocycles. The number of hydrogen-bond donors (Lipinski definition) is 0. The van der Waals surface area contributed by atoms with E-state index in [1.54, 1.807) is 13.8 Å². The van der Waals surface area contributed by atoms with Crippen LogP contribution in [0.1, 0.15) is 13.8 Å². The maximum Gasteiger partial charge on any atom is 0.267 e. The molecule has 0 rings (SSSR count). The highest BCUT2D eigenvalue weighted by atomic mass is 31.2. The molecule has 0 N–H and O–H groups in total. The van der Waals surface area contributed by atoms with Crippen LogP contribution < -0.4 is 4.89 Å². The molecule has 0 saturated heterocycles. The van der Waals surface area contributed by atoms with E-state index in [0.29, 0.717) is 0 Å². The Morgan fingerprint density at radius 2 is 2.00 bits per heavy atom. The number of phosphoric ester groups is 1. The van der Waals surface area contributed by atoms with Crippen molar-refractivity contribution in [3.8, 4) is 0 Å². The van der Waals surface area contributed by atoms with Crippen molar-refractivity contribution in [3.63, 3.8) is 0 Å². The predicted octanol–water partition coefficient (Wildman–Crippen LogP) is 0.526. The van der Waals surface area contributed by atoms with Crippen LogP contribution in [-0.2, 0) is 13.6 Å². The Morgan fingerprint density at radius 3 is 2.11 bits per heavy atom. The van der Waals surface area contributed by atoms with Crippen LogP contribution in [0.4, 0.5) is 0 Å². The molecule has 0 amide bonds. The van der Waals surface area contributed by atoms with Gasteiger partial charge in [-0.2, -0.15) is 0 Å². The van der Waals surface area contributed by atoms with E-state index < -0.39 is 7.82 Å². The van der Waals surface area contributed by atoms with Crippen LogP contribution in [-0.4, -0.2) is 13.2 Å². The van der Waals surface area contributed by atoms with Gasteiger partial charge in [0.1, 0.15) is 0 Å². The van der Waals surface area contributed by atoms with Gasteiger partial charge in [-0.25, -0.2) is 0 Å². The van der Waals surface area contributed by atoms with Crippen LogP contribution in [0.5, 0.6) is 0 Å². The molecular formula is C4H10O4P-. The average Bonchev–Trinajstić information content (AvgIpc) is 1.63. The Hall–Kier alpha value is 0.110. The van der Waals surface area contributed by atoms with E-state index in [9.17, 15) is 9.46 Å². The molecule has 5 heteroatoms. The molecule has 0 radical (unpaired) electrons. The van der Waals surface area contributed by atoms with Crippen LogP contribution in [0.25, 0.3) is 0 Å². The summed E-state index contributed by atoms with van der Waals surface area (Å²) in [6.45, 7) is 3.23. The molecule has 9 heavy (non-hydrogen) atoms. The van der Waals surface area contributed by atoms with Crippen molar-refractivity contribution in [3.05, 3.63) is 0 Å². The minimum Gasteiger partial charge on any atom is -0.756 e. The van der Waals surface area contributed by atoms with Crippen LogP contribution in [0.15, 0.2) is 0 Å². The summed E-state index contributed by atoms with van der Waals surface area (Å²) >= 11 is 0. The summed E-state index contributed by atoms with van der Waals surface area (Å²) in [7, 11) is -2.91. The lowest BCUT2D eigenvalue weighted by atomic mass is 10.5. The highest BCUT2D eigenvalue weighted by molar-refractivity contribution is 7.45. The van der Waals surface area contributed by atoms with Gasteiger partial charge in [-0.3, -0.25) is 4.57 Å². The zero-order chi connectivity index (χ0) is 7.49. The van der Waals surface area contributed by atoms with E-state index in [2.05, 4.69) is 9.05 Å². The summed E-state index contributed by atoms with van der Waals surface area (Å²) in [5.74, 6) is 0. The lowest BCUT2D eigenvalue weighted by Gasteiger charge is -2.22. The van der Waals surface area contributed by atoms with Gasteiger partial charge in [-0.05, 0) is 13.8 Å². The van der Waals surface area contributed by atoms with Crippen LogP contribution in [0.3, 0.4) is 0 Å². The lowest BCUT2D eigenvalue weighted by molar-refractivity contribution is -0.225. The molecule has 0 aromatic rings. The van der Waals surface area contributed by atoms with Crippen molar-refractivity contribution in [2.24, 2.45) is 0 Å². The summed E-state index contributed by atoms with van der Waals surface area (Å²) in [6.07, 6.45) is -0.353. The van der Waals surface area contributed by atoms with Gasteiger partial charge in [0.2, 0.25) is 0 Å². The van der Waals surface area contributed by atoms with E-state index >= 15 is 0 Å². The molecule has 4 nitrogen and oxygen atoms in total. The average molecular weight is 153 g/mol. The summed E-state index contributed by atoms with van der Waals surface area (Å²) < 4.78 is 18.8. The van der Waals surface area contributed by atoms with E-state index in [4.69, 9.17) is 0 Å². The predicted molar refractivity (Wildman–Crippen MR) is 30.8 cm³/mol. The number of rotatable bonds is 3. The van der Waals surface area contributed by atoms with Gasteiger partial charge in [0, 0.05) is 7.11 Å². The van der Waals surface area contributed by atoms with Crippen molar-refractivity contribution in [1.82, 2.24) is 0 Å². The molecular weight excluding hydrogens is 143 g/mol. The summed E-state index contributed by atoms with van der Waals surface area (Å²) in [4.78, 5) is 10.4. The molecule has 0 aliphatic carbocycles. The van der Waals surface area contributed by atoms with Crippen molar-refractivity contribution < 1.29 is 18.5 Å². The molecule has 1 atom stereocenters. The molecule has 0 aliphatic heterocycles. The fraction of sp³-hybridized carbons (Fsp3) is 1.00. The van der Waals surface area contributed by atoms with Gasteiger partial charge in [0.05, 0.1) is 6.10 Å². The zero-order valence-corrected chi connectivity index (χ0v) is 6.55. The van der Waals surface area contributed by atoms with Crippen molar-refractivity contribution in [1.29, 1.82) is 0 Å². The minimum atomic E-state index is -3.98. The Bertz CT molecular complexity index is 122. The quantitative estimate of drug-likeness (QED) is 0.555. The maximum atomic E-state index is 10.4. The fourth-order valence-electron chi connectivity index (χ4n) is 0.301. The standard InChI is InChI=1S/C4H11O4P/c1-4(2)8-9(5,6)7-3/h4H,1-3H3,(H,5,6)/p-1. The summed E-state index contributed by atoms with van der Waals surface area (Å²) in [6, 6.07) is 0. The van der Waals surface area contributed by atoms with Gasteiger partial charge < -0.3 is 13.9 Å². The number of hydrogen-bond acceptors (Lipinski definition) is 4. The Labute approximate surface area is 54.4 Å². The fourth-order valence-corrected chi connectivity index (χ4v) is 0.904. The largest absolute Gasteiger partial charge is 0.756 e. The van der Waals surface area contributed by atoms with E-state index in [1.165, 1.54) is 0 Å². The second-order valence-electron chi connectivity index (χ2n) is 1.78. The molecule has 0 heterocycles. The Kier molecular flexibility index (Phi) is 3.36. The monoisotopic (exact) mass is 153 g/mol. The molecule has 0 aromatic heterocycles. The van der Waals surface area contributed by atoms with E-state index in [-0.39, 0.29) is 6.10 Å². The Balaban J connectivity index is 3.73. The molecule has 0 spiro atoms. The van der Waals surface area contributed by atoms with E-state index in [0.717, 1.165) is 7.11 Å². The van der Waals surface area contributed by atoms with Gasteiger partial charge in [0.15, 0.2) is 0 Å². The molecule has 0 bridgehead atoms. The maximum absolute atomic E-state index is 10.4. The highest BCUT2D eigenvalue weighted by Crippen LogP contribution is 2.38. The SMILES string of the molecule is COP(=O)([O-])OC(C)C. The van der Waals surface area contributed by atoms with Crippen LogP contribution in [0.2, 0.25) is 0 Å². The first-order valence-electron chi connectivity index (χ1n) is 2.53.